The van der Waals surface area contributed by atoms with E-state index in [2.05, 4.69) is 20.9 Å². The molecule has 1 aromatic heterocycles. The van der Waals surface area contributed by atoms with Gasteiger partial charge in [-0.25, -0.2) is 4.98 Å². The summed E-state index contributed by atoms with van der Waals surface area (Å²) in [4.78, 5) is 14.3. The highest BCUT2D eigenvalue weighted by molar-refractivity contribution is 9.10. The van der Waals surface area contributed by atoms with E-state index in [0.29, 0.717) is 10.0 Å². The summed E-state index contributed by atoms with van der Waals surface area (Å²) in [5.41, 5.74) is 0.179. The third kappa shape index (κ3) is 2.86. The van der Waals surface area contributed by atoms with Gasteiger partial charge in [0.2, 0.25) is 11.6 Å². The SMILES string of the molecule is N#Cc1ccnc(Oc2c(Br)cccc2[N+](=O)[O-])c1. The average molecular weight is 320 g/mol. The fourth-order valence-electron chi connectivity index (χ4n) is 1.38. The smallest absolute Gasteiger partial charge is 0.312 e. The molecule has 1 aromatic carbocycles. The number of nitro benzene ring substituents is 1. The van der Waals surface area contributed by atoms with E-state index >= 15 is 0 Å². The molecule has 0 unspecified atom stereocenters. The molecular weight excluding hydrogens is 314 g/mol. The summed E-state index contributed by atoms with van der Waals surface area (Å²) < 4.78 is 5.83. The van der Waals surface area contributed by atoms with Crippen molar-refractivity contribution < 1.29 is 9.66 Å². The van der Waals surface area contributed by atoms with Gasteiger partial charge in [0.05, 0.1) is 21.0 Å². The number of nitriles is 1. The number of nitro groups is 1. The maximum absolute atomic E-state index is 10.9. The fourth-order valence-corrected chi connectivity index (χ4v) is 1.82. The zero-order valence-electron chi connectivity index (χ0n) is 9.41. The molecule has 0 saturated heterocycles. The van der Waals surface area contributed by atoms with E-state index in [4.69, 9.17) is 10.00 Å². The van der Waals surface area contributed by atoms with Crippen LogP contribution in [0.4, 0.5) is 5.69 Å². The van der Waals surface area contributed by atoms with Gasteiger partial charge in [0.25, 0.3) is 0 Å². The summed E-state index contributed by atoms with van der Waals surface area (Å²) in [5.74, 6) is 0.170. The molecule has 0 N–H and O–H groups in total. The van der Waals surface area contributed by atoms with Gasteiger partial charge in [-0.3, -0.25) is 10.1 Å². The zero-order valence-corrected chi connectivity index (χ0v) is 11.0. The third-order valence-corrected chi connectivity index (χ3v) is 2.84. The van der Waals surface area contributed by atoms with Crippen LogP contribution >= 0.6 is 15.9 Å². The minimum Gasteiger partial charge on any atom is -0.431 e. The maximum Gasteiger partial charge on any atom is 0.312 e. The first-order valence-electron chi connectivity index (χ1n) is 5.08. The second-order valence-electron chi connectivity index (χ2n) is 3.44. The number of benzene rings is 1. The van der Waals surface area contributed by atoms with Crippen LogP contribution in [0.15, 0.2) is 41.0 Å². The van der Waals surface area contributed by atoms with Crippen LogP contribution in [-0.2, 0) is 0 Å². The standard InChI is InChI=1S/C12H6BrN3O3/c13-9-2-1-3-10(16(17)18)12(9)19-11-6-8(7-14)4-5-15-11/h1-6H. The number of para-hydroxylation sites is 1. The van der Waals surface area contributed by atoms with Gasteiger partial charge in [-0.2, -0.15) is 5.26 Å². The summed E-state index contributed by atoms with van der Waals surface area (Å²) in [6, 6.07) is 9.35. The lowest BCUT2D eigenvalue weighted by molar-refractivity contribution is -0.385. The quantitative estimate of drug-likeness (QED) is 0.638. The predicted molar refractivity (Wildman–Crippen MR) is 69.8 cm³/mol. The van der Waals surface area contributed by atoms with Crippen LogP contribution in [0.2, 0.25) is 0 Å². The van der Waals surface area contributed by atoms with Crippen LogP contribution in [0, 0.1) is 21.4 Å². The Labute approximate surface area is 116 Å². The Kier molecular flexibility index (Phi) is 3.73. The van der Waals surface area contributed by atoms with Crippen LogP contribution in [0.3, 0.4) is 0 Å². The molecule has 0 atom stereocenters. The number of pyridine rings is 1. The van der Waals surface area contributed by atoms with E-state index in [1.165, 1.54) is 30.5 Å². The number of hydrogen-bond donors (Lipinski definition) is 0. The lowest BCUT2D eigenvalue weighted by atomic mass is 10.3. The molecule has 1 heterocycles. The van der Waals surface area contributed by atoms with Gasteiger partial charge in [0.15, 0.2) is 0 Å². The largest absolute Gasteiger partial charge is 0.431 e. The van der Waals surface area contributed by atoms with Crippen molar-refractivity contribution in [3.05, 3.63) is 56.7 Å². The van der Waals surface area contributed by atoms with Crippen molar-refractivity contribution >= 4 is 21.6 Å². The number of ether oxygens (including phenoxy) is 1. The normalized spacial score (nSPS) is 9.68. The molecule has 0 aliphatic heterocycles. The summed E-state index contributed by atoms with van der Waals surface area (Å²) >= 11 is 3.19. The second kappa shape index (κ2) is 5.46. The van der Waals surface area contributed by atoms with Crippen LogP contribution in [0.5, 0.6) is 11.6 Å². The number of aromatic nitrogens is 1. The van der Waals surface area contributed by atoms with Gasteiger partial charge < -0.3 is 4.74 Å². The summed E-state index contributed by atoms with van der Waals surface area (Å²) in [6.45, 7) is 0. The minimum atomic E-state index is -0.547. The average Bonchev–Trinajstić information content (AvgIpc) is 2.41. The van der Waals surface area contributed by atoms with Crippen molar-refractivity contribution in [3.63, 3.8) is 0 Å². The molecule has 0 fully saturated rings. The minimum absolute atomic E-state index is 0.0510. The summed E-state index contributed by atoms with van der Waals surface area (Å²) in [7, 11) is 0. The van der Waals surface area contributed by atoms with E-state index in [1.54, 1.807) is 6.07 Å². The summed E-state index contributed by atoms with van der Waals surface area (Å²) in [6.07, 6.45) is 1.40. The monoisotopic (exact) mass is 319 g/mol. The predicted octanol–water partition coefficient (Wildman–Crippen LogP) is 3.42. The molecule has 2 aromatic rings. The van der Waals surface area contributed by atoms with Crippen LogP contribution < -0.4 is 4.74 Å². The molecule has 7 heteroatoms. The molecule has 0 radical (unpaired) electrons. The maximum atomic E-state index is 10.9. The van der Waals surface area contributed by atoms with E-state index in [1.807, 2.05) is 6.07 Å². The van der Waals surface area contributed by atoms with Crippen molar-refractivity contribution in [1.29, 1.82) is 5.26 Å². The number of nitrogens with zero attached hydrogens (tertiary/aromatic N) is 3. The van der Waals surface area contributed by atoms with E-state index in [-0.39, 0.29) is 17.3 Å². The molecule has 0 aliphatic carbocycles. The number of halogens is 1. The van der Waals surface area contributed by atoms with Crippen molar-refractivity contribution in [2.24, 2.45) is 0 Å². The molecule has 6 nitrogen and oxygen atoms in total. The highest BCUT2D eigenvalue weighted by atomic mass is 79.9. The van der Waals surface area contributed by atoms with Crippen LogP contribution in [0.25, 0.3) is 0 Å². The van der Waals surface area contributed by atoms with Crippen LogP contribution in [-0.4, -0.2) is 9.91 Å². The zero-order chi connectivity index (χ0) is 13.8. The molecular formula is C12H6BrN3O3. The van der Waals surface area contributed by atoms with Crippen molar-refractivity contribution in [3.8, 4) is 17.7 Å². The lowest BCUT2D eigenvalue weighted by Gasteiger charge is -2.07. The Morgan fingerprint density at radius 1 is 1.42 bits per heavy atom. The van der Waals surface area contributed by atoms with Gasteiger partial charge in [0, 0.05) is 18.3 Å². The van der Waals surface area contributed by atoms with Gasteiger partial charge in [0.1, 0.15) is 0 Å². The van der Waals surface area contributed by atoms with Crippen molar-refractivity contribution in [2.45, 2.75) is 0 Å². The second-order valence-corrected chi connectivity index (χ2v) is 4.30. The highest BCUT2D eigenvalue weighted by Crippen LogP contribution is 2.37. The molecule has 0 aliphatic rings. The molecule has 0 amide bonds. The molecule has 0 bridgehead atoms. The molecule has 2 rings (SSSR count). The third-order valence-electron chi connectivity index (χ3n) is 2.21. The van der Waals surface area contributed by atoms with Gasteiger partial charge in [-0.15, -0.1) is 0 Å². The summed E-state index contributed by atoms with van der Waals surface area (Å²) in [5, 5.41) is 19.7. The number of hydrogen-bond acceptors (Lipinski definition) is 5. The van der Waals surface area contributed by atoms with Crippen LogP contribution in [0.1, 0.15) is 5.56 Å². The molecule has 94 valence electrons. The topological polar surface area (TPSA) is 89.0 Å². The van der Waals surface area contributed by atoms with Crippen molar-refractivity contribution in [2.75, 3.05) is 0 Å². The Balaban J connectivity index is 2.43. The Morgan fingerprint density at radius 2 is 2.21 bits per heavy atom. The highest BCUT2D eigenvalue weighted by Gasteiger charge is 2.19. The Morgan fingerprint density at radius 3 is 2.89 bits per heavy atom. The first-order valence-corrected chi connectivity index (χ1v) is 5.88. The molecule has 0 saturated carbocycles. The molecule has 19 heavy (non-hydrogen) atoms. The van der Waals surface area contributed by atoms with Gasteiger partial charge in [-0.05, 0) is 28.1 Å². The Hall–Kier alpha value is -2.46. The fraction of sp³-hybridized carbons (Fsp3) is 0. The van der Waals surface area contributed by atoms with Gasteiger partial charge in [-0.1, -0.05) is 6.07 Å². The molecule has 0 spiro atoms. The van der Waals surface area contributed by atoms with E-state index in [9.17, 15) is 10.1 Å². The van der Waals surface area contributed by atoms with Gasteiger partial charge >= 0.3 is 5.69 Å². The first-order chi connectivity index (χ1) is 9.11. The van der Waals surface area contributed by atoms with E-state index in [0.717, 1.165) is 0 Å². The lowest BCUT2D eigenvalue weighted by Crippen LogP contribution is -1.95. The number of rotatable bonds is 3. The van der Waals surface area contributed by atoms with Crippen molar-refractivity contribution in [1.82, 2.24) is 4.98 Å². The van der Waals surface area contributed by atoms with E-state index < -0.39 is 4.92 Å². The Bertz CT molecular complexity index is 682. The first kappa shape index (κ1) is 13.0.